The molecule has 0 unspecified atom stereocenters. The van der Waals surface area contributed by atoms with E-state index in [2.05, 4.69) is 0 Å². The molecule has 0 aliphatic heterocycles. The summed E-state index contributed by atoms with van der Waals surface area (Å²) in [6.45, 7) is 0. The smallest absolute Gasteiger partial charge is 0.123 e. The Morgan fingerprint density at radius 3 is 2.62 bits per heavy atom. The molecule has 0 N–H and O–H groups in total. The van der Waals surface area contributed by atoms with Gasteiger partial charge < -0.3 is 0 Å². The van der Waals surface area contributed by atoms with Crippen molar-refractivity contribution in [2.24, 2.45) is 0 Å². The Labute approximate surface area is 103 Å². The number of hydrogen-bond donors (Lipinski definition) is 0. The van der Waals surface area contributed by atoms with Crippen LogP contribution >= 0.6 is 23.4 Å². The van der Waals surface area contributed by atoms with E-state index >= 15 is 0 Å². The highest BCUT2D eigenvalue weighted by atomic mass is 35.5. The van der Waals surface area contributed by atoms with Crippen LogP contribution in [0, 0.1) is 5.82 Å². The van der Waals surface area contributed by atoms with Crippen molar-refractivity contribution in [3.8, 4) is 0 Å². The molecule has 2 rings (SSSR count). The molecule has 0 saturated heterocycles. The monoisotopic (exact) mass is 252 g/mol. The summed E-state index contributed by atoms with van der Waals surface area (Å²) in [6, 6.07) is 14.3. The quantitative estimate of drug-likeness (QED) is 0.709. The highest BCUT2D eigenvalue weighted by molar-refractivity contribution is 7.98. The molecule has 0 saturated carbocycles. The van der Waals surface area contributed by atoms with Crippen molar-refractivity contribution in [3.63, 3.8) is 0 Å². The summed E-state index contributed by atoms with van der Waals surface area (Å²) in [5.74, 6) is 0.558. The van der Waals surface area contributed by atoms with Crippen molar-refractivity contribution in [1.82, 2.24) is 0 Å². The molecule has 0 aliphatic carbocycles. The van der Waals surface area contributed by atoms with Gasteiger partial charge in [-0.3, -0.25) is 0 Å². The summed E-state index contributed by atoms with van der Waals surface area (Å²) in [7, 11) is 0. The topological polar surface area (TPSA) is 0 Å². The van der Waals surface area contributed by atoms with Gasteiger partial charge >= 0.3 is 0 Å². The average Bonchev–Trinajstić information content (AvgIpc) is 2.27. The van der Waals surface area contributed by atoms with Crippen LogP contribution in [-0.4, -0.2) is 0 Å². The van der Waals surface area contributed by atoms with Crippen molar-refractivity contribution in [1.29, 1.82) is 0 Å². The number of rotatable bonds is 3. The molecule has 16 heavy (non-hydrogen) atoms. The van der Waals surface area contributed by atoms with Gasteiger partial charge in [-0.15, -0.1) is 11.8 Å². The zero-order chi connectivity index (χ0) is 11.4. The van der Waals surface area contributed by atoms with Gasteiger partial charge in [0, 0.05) is 15.7 Å². The lowest BCUT2D eigenvalue weighted by atomic mass is 10.2. The number of hydrogen-bond acceptors (Lipinski definition) is 1. The van der Waals surface area contributed by atoms with E-state index in [0.717, 1.165) is 21.2 Å². The van der Waals surface area contributed by atoms with Crippen LogP contribution in [0.1, 0.15) is 5.56 Å². The fourth-order valence-electron chi connectivity index (χ4n) is 1.35. The van der Waals surface area contributed by atoms with Crippen LogP contribution in [-0.2, 0) is 5.75 Å². The fraction of sp³-hybridized carbons (Fsp3) is 0.0769. The SMILES string of the molecule is Fc1cccc(CSc2cccc(Cl)c2)c1. The van der Waals surface area contributed by atoms with Gasteiger partial charge in [-0.05, 0) is 35.9 Å². The van der Waals surface area contributed by atoms with Gasteiger partial charge in [-0.25, -0.2) is 4.39 Å². The van der Waals surface area contributed by atoms with E-state index in [9.17, 15) is 4.39 Å². The minimum atomic E-state index is -0.191. The Morgan fingerprint density at radius 2 is 1.88 bits per heavy atom. The highest BCUT2D eigenvalue weighted by Crippen LogP contribution is 2.25. The Morgan fingerprint density at radius 1 is 1.06 bits per heavy atom. The van der Waals surface area contributed by atoms with E-state index in [4.69, 9.17) is 11.6 Å². The minimum absolute atomic E-state index is 0.191. The highest BCUT2D eigenvalue weighted by Gasteiger charge is 1.98. The van der Waals surface area contributed by atoms with Crippen molar-refractivity contribution in [3.05, 3.63) is 64.9 Å². The molecule has 0 radical (unpaired) electrons. The molecule has 0 atom stereocenters. The van der Waals surface area contributed by atoms with Crippen LogP contribution in [0.15, 0.2) is 53.4 Å². The van der Waals surface area contributed by atoms with Crippen LogP contribution in [0.4, 0.5) is 4.39 Å². The van der Waals surface area contributed by atoms with Gasteiger partial charge in [0.25, 0.3) is 0 Å². The van der Waals surface area contributed by atoms with Crippen LogP contribution in [0.5, 0.6) is 0 Å². The third-order valence-corrected chi connectivity index (χ3v) is 3.39. The molecule has 0 heterocycles. The van der Waals surface area contributed by atoms with Crippen molar-refractivity contribution in [2.75, 3.05) is 0 Å². The van der Waals surface area contributed by atoms with E-state index in [1.165, 1.54) is 6.07 Å². The maximum absolute atomic E-state index is 12.9. The fourth-order valence-corrected chi connectivity index (χ4v) is 2.50. The summed E-state index contributed by atoms with van der Waals surface area (Å²) < 4.78 is 12.9. The van der Waals surface area contributed by atoms with Crippen molar-refractivity contribution in [2.45, 2.75) is 10.6 Å². The second-order valence-corrected chi connectivity index (χ2v) is 4.86. The molecule has 0 nitrogen and oxygen atoms in total. The lowest BCUT2D eigenvalue weighted by molar-refractivity contribution is 0.626. The molecule has 0 aromatic heterocycles. The Bertz CT molecular complexity index is 439. The predicted octanol–water partition coefficient (Wildman–Crippen LogP) is 4.77. The lowest BCUT2D eigenvalue weighted by Crippen LogP contribution is -1.82. The third kappa shape index (κ3) is 3.26. The van der Waals surface area contributed by atoms with Crippen LogP contribution in [0.25, 0.3) is 0 Å². The standard InChI is InChI=1S/C13H10ClFS/c14-11-4-2-6-13(8-11)16-9-10-3-1-5-12(15)7-10/h1-8H,9H2. The van der Waals surface area contributed by atoms with Gasteiger partial charge in [0.2, 0.25) is 0 Å². The number of thioether (sulfide) groups is 1. The second-order valence-electron chi connectivity index (χ2n) is 3.38. The predicted molar refractivity (Wildman–Crippen MR) is 67.4 cm³/mol. The Balaban J connectivity index is 2.02. The molecular weight excluding hydrogens is 243 g/mol. The maximum atomic E-state index is 12.9. The van der Waals surface area contributed by atoms with E-state index < -0.39 is 0 Å². The largest absolute Gasteiger partial charge is 0.207 e. The zero-order valence-corrected chi connectivity index (χ0v) is 10.1. The van der Waals surface area contributed by atoms with E-state index in [0.29, 0.717) is 0 Å². The van der Waals surface area contributed by atoms with Crippen LogP contribution in [0.2, 0.25) is 5.02 Å². The molecular formula is C13H10ClFS. The van der Waals surface area contributed by atoms with E-state index in [1.54, 1.807) is 23.9 Å². The van der Waals surface area contributed by atoms with Gasteiger partial charge in [-0.2, -0.15) is 0 Å². The van der Waals surface area contributed by atoms with E-state index in [1.807, 2.05) is 30.3 Å². The van der Waals surface area contributed by atoms with Gasteiger partial charge in [0.05, 0.1) is 0 Å². The summed E-state index contributed by atoms with van der Waals surface area (Å²) in [6.07, 6.45) is 0. The second kappa shape index (κ2) is 5.37. The minimum Gasteiger partial charge on any atom is -0.207 e. The van der Waals surface area contributed by atoms with Crippen LogP contribution in [0.3, 0.4) is 0 Å². The molecule has 0 aliphatic rings. The molecule has 0 spiro atoms. The molecule has 0 amide bonds. The average molecular weight is 253 g/mol. The first-order chi connectivity index (χ1) is 7.74. The molecule has 2 aromatic carbocycles. The normalized spacial score (nSPS) is 10.4. The Kier molecular flexibility index (Phi) is 3.86. The summed E-state index contributed by atoms with van der Waals surface area (Å²) in [5.41, 5.74) is 0.977. The van der Waals surface area contributed by atoms with E-state index in [-0.39, 0.29) is 5.82 Å². The molecule has 0 bridgehead atoms. The third-order valence-electron chi connectivity index (χ3n) is 2.09. The maximum Gasteiger partial charge on any atom is 0.123 e. The summed E-state index contributed by atoms with van der Waals surface area (Å²) >= 11 is 7.52. The van der Waals surface area contributed by atoms with Crippen molar-refractivity contribution >= 4 is 23.4 Å². The summed E-state index contributed by atoms with van der Waals surface area (Å²) in [4.78, 5) is 1.09. The molecule has 3 heteroatoms. The van der Waals surface area contributed by atoms with Crippen molar-refractivity contribution < 1.29 is 4.39 Å². The number of benzene rings is 2. The zero-order valence-electron chi connectivity index (χ0n) is 8.49. The first-order valence-electron chi connectivity index (χ1n) is 4.87. The Hall–Kier alpha value is -0.990. The first kappa shape index (κ1) is 11.5. The van der Waals surface area contributed by atoms with Gasteiger partial charge in [-0.1, -0.05) is 29.8 Å². The number of halogens is 2. The summed E-state index contributed by atoms with van der Waals surface area (Å²) in [5, 5.41) is 0.726. The molecule has 2 aromatic rings. The van der Waals surface area contributed by atoms with Gasteiger partial charge in [0.15, 0.2) is 0 Å². The molecule has 0 fully saturated rings. The van der Waals surface area contributed by atoms with Gasteiger partial charge in [0.1, 0.15) is 5.82 Å². The first-order valence-corrected chi connectivity index (χ1v) is 6.23. The van der Waals surface area contributed by atoms with Crippen LogP contribution < -0.4 is 0 Å². The molecule has 82 valence electrons. The lowest BCUT2D eigenvalue weighted by Gasteiger charge is -2.02.